The van der Waals surface area contributed by atoms with E-state index < -0.39 is 11.1 Å². The summed E-state index contributed by atoms with van der Waals surface area (Å²) in [6.45, 7) is 24.0. The predicted molar refractivity (Wildman–Crippen MR) is 91.6 cm³/mol. The van der Waals surface area contributed by atoms with E-state index in [2.05, 4.69) is 26.3 Å². The number of hydrogen-bond donors (Lipinski definition) is 2. The molecule has 0 saturated carbocycles. The Bertz CT molecular complexity index is 343. The Kier molecular flexibility index (Phi) is 6.66. The second kappa shape index (κ2) is 7.05. The molecule has 0 aromatic rings. The Labute approximate surface area is 125 Å². The van der Waals surface area contributed by atoms with Crippen LogP contribution in [-0.4, -0.2) is 11.1 Å². The van der Waals surface area contributed by atoms with Gasteiger partial charge in [-0.05, 0) is 53.4 Å². The summed E-state index contributed by atoms with van der Waals surface area (Å²) in [6, 6.07) is 0. The van der Waals surface area contributed by atoms with Crippen LogP contribution < -0.4 is 11.5 Å². The summed E-state index contributed by atoms with van der Waals surface area (Å²) in [5, 5.41) is 0. The largest absolute Gasteiger partial charge is 0.323 e. The van der Waals surface area contributed by atoms with Crippen LogP contribution >= 0.6 is 0 Å². The lowest BCUT2D eigenvalue weighted by atomic mass is 9.66. The van der Waals surface area contributed by atoms with Gasteiger partial charge in [0.25, 0.3) is 0 Å². The van der Waals surface area contributed by atoms with E-state index in [4.69, 9.17) is 11.5 Å². The van der Waals surface area contributed by atoms with Crippen LogP contribution in [0.15, 0.2) is 48.6 Å². The van der Waals surface area contributed by atoms with Gasteiger partial charge in [0.15, 0.2) is 0 Å². The highest BCUT2D eigenvalue weighted by molar-refractivity contribution is 5.23. The SMILES string of the molecule is C=C(C)CC(N)(CC(=C)C)C(N)(CC(=C)C)CC(=C)C. The Morgan fingerprint density at radius 3 is 0.850 bits per heavy atom. The minimum absolute atomic E-state index is 0.581. The fourth-order valence-corrected chi connectivity index (χ4v) is 2.98. The molecule has 0 heterocycles. The molecule has 114 valence electrons. The minimum Gasteiger partial charge on any atom is -0.323 e. The van der Waals surface area contributed by atoms with E-state index in [0.29, 0.717) is 25.7 Å². The lowest BCUT2D eigenvalue weighted by Crippen LogP contribution is -2.66. The zero-order valence-corrected chi connectivity index (χ0v) is 13.8. The first-order valence-electron chi connectivity index (χ1n) is 7.07. The van der Waals surface area contributed by atoms with Crippen molar-refractivity contribution < 1.29 is 0 Å². The summed E-state index contributed by atoms with van der Waals surface area (Å²) in [5.74, 6) is 0. The topological polar surface area (TPSA) is 52.0 Å². The van der Waals surface area contributed by atoms with Crippen molar-refractivity contribution in [1.82, 2.24) is 0 Å². The van der Waals surface area contributed by atoms with E-state index in [1.807, 2.05) is 27.7 Å². The molecule has 0 rings (SSSR count). The maximum atomic E-state index is 6.75. The van der Waals surface area contributed by atoms with Crippen LogP contribution in [0.3, 0.4) is 0 Å². The molecule has 0 aromatic carbocycles. The fraction of sp³-hybridized carbons (Fsp3) is 0.556. The summed E-state index contributed by atoms with van der Waals surface area (Å²) < 4.78 is 0. The monoisotopic (exact) mass is 276 g/mol. The third kappa shape index (κ3) is 5.48. The van der Waals surface area contributed by atoms with E-state index in [9.17, 15) is 0 Å². The molecule has 0 saturated heterocycles. The van der Waals surface area contributed by atoms with Gasteiger partial charge in [-0.25, -0.2) is 0 Å². The van der Waals surface area contributed by atoms with Gasteiger partial charge in [0.2, 0.25) is 0 Å². The highest BCUT2D eigenvalue weighted by Gasteiger charge is 2.45. The van der Waals surface area contributed by atoms with Crippen molar-refractivity contribution >= 4 is 0 Å². The van der Waals surface area contributed by atoms with Crippen molar-refractivity contribution in [2.45, 2.75) is 64.5 Å². The number of nitrogens with two attached hydrogens (primary N) is 2. The highest BCUT2D eigenvalue weighted by Crippen LogP contribution is 2.38. The maximum Gasteiger partial charge on any atom is 0.0417 e. The third-order valence-electron chi connectivity index (χ3n) is 3.46. The summed E-state index contributed by atoms with van der Waals surface area (Å²) in [7, 11) is 0. The van der Waals surface area contributed by atoms with E-state index in [1.54, 1.807) is 0 Å². The molecule has 0 spiro atoms. The minimum atomic E-state index is -0.581. The average molecular weight is 276 g/mol. The Balaban J connectivity index is 5.70. The van der Waals surface area contributed by atoms with Gasteiger partial charge in [-0.3, -0.25) is 0 Å². The second-order valence-corrected chi connectivity index (χ2v) is 6.85. The summed E-state index contributed by atoms with van der Waals surface area (Å²) in [6.07, 6.45) is 2.71. The normalized spacial score (nSPS) is 12.1. The van der Waals surface area contributed by atoms with Gasteiger partial charge >= 0.3 is 0 Å². The van der Waals surface area contributed by atoms with Gasteiger partial charge in [-0.15, -0.1) is 26.3 Å². The third-order valence-corrected chi connectivity index (χ3v) is 3.46. The molecule has 4 N–H and O–H groups in total. The molecule has 20 heavy (non-hydrogen) atoms. The lowest BCUT2D eigenvalue weighted by molar-refractivity contribution is 0.209. The molecule has 0 fully saturated rings. The molecule has 0 amide bonds. The van der Waals surface area contributed by atoms with Crippen LogP contribution in [0, 0.1) is 0 Å². The molecule has 0 unspecified atom stereocenters. The average Bonchev–Trinajstić information content (AvgIpc) is 2.10. The molecule has 0 aromatic heterocycles. The van der Waals surface area contributed by atoms with E-state index in [1.165, 1.54) is 0 Å². The standard InChI is InChI=1S/C18H32N2/c1-13(2)9-17(19,10-14(3)4)18(20,11-15(5)6)12-16(7)8/h1,3,5,7,9-12,19-20H2,2,4,6,8H3. The summed E-state index contributed by atoms with van der Waals surface area (Å²) in [4.78, 5) is 0. The maximum absolute atomic E-state index is 6.75. The van der Waals surface area contributed by atoms with Gasteiger partial charge in [-0.2, -0.15) is 0 Å². The van der Waals surface area contributed by atoms with E-state index in [-0.39, 0.29) is 0 Å². The molecule has 2 nitrogen and oxygen atoms in total. The highest BCUT2D eigenvalue weighted by atomic mass is 14.9. The van der Waals surface area contributed by atoms with Gasteiger partial charge in [0.1, 0.15) is 0 Å². The van der Waals surface area contributed by atoms with Crippen LogP contribution in [0.1, 0.15) is 53.4 Å². The van der Waals surface area contributed by atoms with Crippen molar-refractivity contribution in [3.05, 3.63) is 48.6 Å². The molecule has 0 aliphatic rings. The number of hydrogen-bond acceptors (Lipinski definition) is 2. The van der Waals surface area contributed by atoms with Crippen molar-refractivity contribution in [3.63, 3.8) is 0 Å². The first-order valence-corrected chi connectivity index (χ1v) is 7.07. The van der Waals surface area contributed by atoms with Gasteiger partial charge < -0.3 is 11.5 Å². The Morgan fingerprint density at radius 1 is 0.600 bits per heavy atom. The zero-order chi connectivity index (χ0) is 16.1. The molecule has 0 aliphatic heterocycles. The van der Waals surface area contributed by atoms with Crippen LogP contribution in [0.5, 0.6) is 0 Å². The van der Waals surface area contributed by atoms with Crippen LogP contribution in [0.2, 0.25) is 0 Å². The van der Waals surface area contributed by atoms with Crippen molar-refractivity contribution in [1.29, 1.82) is 0 Å². The smallest absolute Gasteiger partial charge is 0.0417 e. The van der Waals surface area contributed by atoms with Crippen molar-refractivity contribution in [2.24, 2.45) is 11.5 Å². The summed E-state index contributed by atoms with van der Waals surface area (Å²) in [5.41, 5.74) is 16.5. The Morgan fingerprint density at radius 2 is 0.750 bits per heavy atom. The molecule has 2 heteroatoms. The fourth-order valence-electron chi connectivity index (χ4n) is 2.98. The van der Waals surface area contributed by atoms with Crippen LogP contribution in [0.4, 0.5) is 0 Å². The quantitative estimate of drug-likeness (QED) is 0.619. The van der Waals surface area contributed by atoms with E-state index in [0.717, 1.165) is 22.3 Å². The lowest BCUT2D eigenvalue weighted by Gasteiger charge is -2.47. The van der Waals surface area contributed by atoms with Gasteiger partial charge in [-0.1, -0.05) is 22.3 Å². The first kappa shape index (κ1) is 18.9. The van der Waals surface area contributed by atoms with E-state index >= 15 is 0 Å². The molecule has 0 atom stereocenters. The summed E-state index contributed by atoms with van der Waals surface area (Å²) >= 11 is 0. The van der Waals surface area contributed by atoms with Crippen molar-refractivity contribution in [2.75, 3.05) is 0 Å². The molecule has 0 aliphatic carbocycles. The van der Waals surface area contributed by atoms with Crippen LogP contribution in [-0.2, 0) is 0 Å². The second-order valence-electron chi connectivity index (χ2n) is 6.85. The molecule has 0 bridgehead atoms. The van der Waals surface area contributed by atoms with Crippen molar-refractivity contribution in [3.8, 4) is 0 Å². The Hall–Kier alpha value is -1.12. The first-order chi connectivity index (χ1) is 8.92. The van der Waals surface area contributed by atoms with Gasteiger partial charge in [0, 0.05) is 11.1 Å². The number of rotatable bonds is 9. The molecular weight excluding hydrogens is 244 g/mol. The predicted octanol–water partition coefficient (Wildman–Crippen LogP) is 4.25. The zero-order valence-electron chi connectivity index (χ0n) is 13.8. The van der Waals surface area contributed by atoms with Gasteiger partial charge in [0.05, 0.1) is 0 Å². The molecule has 0 radical (unpaired) electrons. The van der Waals surface area contributed by atoms with Crippen LogP contribution in [0.25, 0.3) is 0 Å². The molecular formula is C18H32N2.